The van der Waals surface area contributed by atoms with Crippen LogP contribution in [-0.4, -0.2) is 50.7 Å². The molecule has 3 fully saturated rings. The number of hydrogen-bond acceptors (Lipinski definition) is 6. The van der Waals surface area contributed by atoms with Crippen molar-refractivity contribution in [1.29, 1.82) is 0 Å². The van der Waals surface area contributed by atoms with Gasteiger partial charge in [-0.3, -0.25) is 14.6 Å². The van der Waals surface area contributed by atoms with E-state index in [2.05, 4.69) is 20.6 Å². The molecule has 8 nitrogen and oxygen atoms in total. The third-order valence-corrected chi connectivity index (χ3v) is 7.34. The molecule has 1 aromatic heterocycles. The van der Waals surface area contributed by atoms with Crippen molar-refractivity contribution in [2.75, 3.05) is 6.61 Å². The average molecular weight is 499 g/mol. The molecule has 1 heterocycles. The Morgan fingerprint density at radius 2 is 1.86 bits per heavy atom. The summed E-state index contributed by atoms with van der Waals surface area (Å²) in [5.41, 5.74) is 0.144. The number of aromatic nitrogens is 2. The molecule has 3 N–H and O–H groups in total. The smallest absolute Gasteiger partial charge is 0.272 e. The highest BCUT2D eigenvalue weighted by molar-refractivity contribution is 6.30. The second-order valence-electron chi connectivity index (χ2n) is 9.27. The molecule has 2 aromatic carbocycles. The highest BCUT2D eigenvalue weighted by atomic mass is 35.5. The van der Waals surface area contributed by atoms with Gasteiger partial charge in [-0.2, -0.15) is 0 Å². The standard InChI is InChI=1S/C25H24ClFN4O4/c26-16-6-5-15(11-17(16)27)35-14-22(33)30-24-7-9-25(10-8-24,21(32)12-24)31-23(34)20-13-28-18-3-1-2-4-19(18)29-20/h1-6,11,13,21,32H,7-10,12,14H2,(H,30,33)(H,31,34)/t21-,24?,25?/m0/s1. The van der Waals surface area contributed by atoms with Crippen molar-refractivity contribution < 1.29 is 23.8 Å². The summed E-state index contributed by atoms with van der Waals surface area (Å²) in [7, 11) is 0. The molecule has 3 aliphatic rings. The zero-order valence-corrected chi connectivity index (χ0v) is 19.5. The van der Waals surface area contributed by atoms with E-state index in [0.29, 0.717) is 43.1 Å². The lowest BCUT2D eigenvalue weighted by molar-refractivity contribution is -0.129. The van der Waals surface area contributed by atoms with Crippen LogP contribution >= 0.6 is 11.6 Å². The van der Waals surface area contributed by atoms with Gasteiger partial charge in [-0.1, -0.05) is 23.7 Å². The molecule has 1 atom stereocenters. The molecule has 10 heteroatoms. The first-order valence-corrected chi connectivity index (χ1v) is 11.8. The molecule has 3 aliphatic carbocycles. The molecule has 0 unspecified atom stereocenters. The minimum absolute atomic E-state index is 0.0256. The van der Waals surface area contributed by atoms with E-state index >= 15 is 0 Å². The number of carbonyl (C=O) groups excluding carboxylic acids is 2. The normalized spacial score (nSPS) is 25.3. The number of hydrogen-bond donors (Lipinski definition) is 3. The first-order chi connectivity index (χ1) is 16.8. The molecule has 0 saturated heterocycles. The Hall–Kier alpha value is -3.30. The predicted molar refractivity (Wildman–Crippen MR) is 127 cm³/mol. The molecule has 2 amide bonds. The molecule has 3 aromatic rings. The number of halogens is 2. The zero-order valence-electron chi connectivity index (χ0n) is 18.8. The minimum atomic E-state index is -0.839. The summed E-state index contributed by atoms with van der Waals surface area (Å²) in [5, 5.41) is 16.9. The van der Waals surface area contributed by atoms with Gasteiger partial charge in [0, 0.05) is 11.6 Å². The fourth-order valence-corrected chi connectivity index (χ4v) is 5.18. The van der Waals surface area contributed by atoms with E-state index < -0.39 is 23.0 Å². The average Bonchev–Trinajstić information content (AvgIpc) is 2.85. The molecule has 0 spiro atoms. The molecule has 0 radical (unpaired) electrons. The lowest BCUT2D eigenvalue weighted by Gasteiger charge is -2.56. The highest BCUT2D eigenvalue weighted by Crippen LogP contribution is 2.47. The van der Waals surface area contributed by atoms with Gasteiger partial charge in [-0.25, -0.2) is 9.37 Å². The Labute approximate surface area is 205 Å². The summed E-state index contributed by atoms with van der Waals surface area (Å²) >= 11 is 5.66. The number of rotatable bonds is 6. The maximum absolute atomic E-state index is 13.6. The van der Waals surface area contributed by atoms with E-state index in [-0.39, 0.29) is 34.9 Å². The summed E-state index contributed by atoms with van der Waals surface area (Å²) in [6, 6.07) is 11.3. The lowest BCUT2D eigenvalue weighted by Crippen LogP contribution is -2.70. The number of amides is 2. The summed E-state index contributed by atoms with van der Waals surface area (Å²) < 4.78 is 18.9. The fourth-order valence-electron chi connectivity index (χ4n) is 5.07. The van der Waals surface area contributed by atoms with Gasteiger partial charge >= 0.3 is 0 Å². The number of carbonyl (C=O) groups is 2. The van der Waals surface area contributed by atoms with E-state index in [4.69, 9.17) is 16.3 Å². The summed E-state index contributed by atoms with van der Waals surface area (Å²) in [4.78, 5) is 34.2. The summed E-state index contributed by atoms with van der Waals surface area (Å²) in [6.45, 7) is -0.290. The van der Waals surface area contributed by atoms with Crippen molar-refractivity contribution in [3.8, 4) is 5.75 Å². The number of nitrogens with zero attached hydrogens (tertiary/aromatic N) is 2. The lowest BCUT2D eigenvalue weighted by atomic mass is 9.60. The quantitative estimate of drug-likeness (QED) is 0.481. The second-order valence-corrected chi connectivity index (χ2v) is 9.67. The Morgan fingerprint density at radius 3 is 2.57 bits per heavy atom. The second kappa shape index (κ2) is 9.05. The van der Waals surface area contributed by atoms with Gasteiger partial charge in [0.15, 0.2) is 6.61 Å². The van der Waals surface area contributed by atoms with Gasteiger partial charge in [0.2, 0.25) is 0 Å². The first-order valence-electron chi connectivity index (χ1n) is 11.4. The number of fused-ring (bicyclic) bond motifs is 4. The number of benzene rings is 2. The van der Waals surface area contributed by atoms with Gasteiger partial charge in [0.1, 0.15) is 17.3 Å². The van der Waals surface area contributed by atoms with Crippen LogP contribution in [0.5, 0.6) is 5.75 Å². The third kappa shape index (κ3) is 4.66. The molecule has 182 valence electrons. The largest absolute Gasteiger partial charge is 0.484 e. The first kappa shape index (κ1) is 23.4. The Bertz CT molecular complexity index is 1300. The van der Waals surface area contributed by atoms with Crippen LogP contribution in [0.2, 0.25) is 5.02 Å². The molecular formula is C25H24ClFN4O4. The van der Waals surface area contributed by atoms with Crippen LogP contribution in [0.25, 0.3) is 11.0 Å². The molecule has 6 rings (SSSR count). The number of nitrogens with one attached hydrogen (secondary N) is 2. The van der Waals surface area contributed by atoms with Gasteiger partial charge < -0.3 is 20.5 Å². The maximum Gasteiger partial charge on any atom is 0.272 e. The third-order valence-electron chi connectivity index (χ3n) is 7.03. The Morgan fingerprint density at radius 1 is 1.11 bits per heavy atom. The van der Waals surface area contributed by atoms with Crippen molar-refractivity contribution >= 4 is 34.4 Å². The Kier molecular flexibility index (Phi) is 6.06. The number of aliphatic hydroxyl groups excluding tert-OH is 1. The highest BCUT2D eigenvalue weighted by Gasteiger charge is 2.55. The summed E-state index contributed by atoms with van der Waals surface area (Å²) in [6.07, 6.45) is 3.09. The van der Waals surface area contributed by atoms with E-state index in [1.54, 1.807) is 6.07 Å². The topological polar surface area (TPSA) is 113 Å². The number of para-hydroxylation sites is 2. The van der Waals surface area contributed by atoms with Crippen LogP contribution in [0.4, 0.5) is 4.39 Å². The summed E-state index contributed by atoms with van der Waals surface area (Å²) in [5.74, 6) is -1.17. The monoisotopic (exact) mass is 498 g/mol. The van der Waals surface area contributed by atoms with E-state index in [9.17, 15) is 19.1 Å². The fraction of sp³-hybridized carbons (Fsp3) is 0.360. The van der Waals surface area contributed by atoms with Gasteiger partial charge in [-0.15, -0.1) is 0 Å². The number of aliphatic hydroxyl groups is 1. The van der Waals surface area contributed by atoms with Crippen LogP contribution < -0.4 is 15.4 Å². The van der Waals surface area contributed by atoms with Crippen molar-refractivity contribution in [2.45, 2.75) is 49.3 Å². The molecule has 2 bridgehead atoms. The van der Waals surface area contributed by atoms with Crippen LogP contribution in [0.15, 0.2) is 48.7 Å². The SMILES string of the molecule is O=C(COc1ccc(Cl)c(F)c1)NC12CCC(NC(=O)c3cnc4ccccc4n3)(CC1)[C@@H](O)C2. The van der Waals surface area contributed by atoms with Crippen molar-refractivity contribution in [2.24, 2.45) is 0 Å². The van der Waals surface area contributed by atoms with Crippen LogP contribution in [0.3, 0.4) is 0 Å². The van der Waals surface area contributed by atoms with Crippen molar-refractivity contribution in [3.05, 3.63) is 65.2 Å². The van der Waals surface area contributed by atoms with E-state index in [1.807, 2.05) is 18.2 Å². The van der Waals surface area contributed by atoms with Gasteiger partial charge in [0.05, 0.1) is 33.9 Å². The van der Waals surface area contributed by atoms with E-state index in [1.165, 1.54) is 18.3 Å². The molecular weight excluding hydrogens is 475 g/mol. The van der Waals surface area contributed by atoms with Crippen LogP contribution in [0, 0.1) is 5.82 Å². The van der Waals surface area contributed by atoms with Crippen molar-refractivity contribution in [3.63, 3.8) is 0 Å². The predicted octanol–water partition coefficient (Wildman–Crippen LogP) is 3.16. The van der Waals surface area contributed by atoms with Crippen LogP contribution in [0.1, 0.15) is 42.6 Å². The van der Waals surface area contributed by atoms with Gasteiger partial charge in [0.25, 0.3) is 11.8 Å². The van der Waals surface area contributed by atoms with E-state index in [0.717, 1.165) is 6.07 Å². The van der Waals surface area contributed by atoms with Crippen molar-refractivity contribution in [1.82, 2.24) is 20.6 Å². The number of ether oxygens (including phenoxy) is 1. The maximum atomic E-state index is 13.6. The zero-order chi connectivity index (χ0) is 24.6. The van der Waals surface area contributed by atoms with Crippen LogP contribution in [-0.2, 0) is 4.79 Å². The Balaban J connectivity index is 1.20. The molecule has 3 saturated carbocycles. The van der Waals surface area contributed by atoms with Gasteiger partial charge in [-0.05, 0) is 56.4 Å². The molecule has 0 aliphatic heterocycles. The molecule has 35 heavy (non-hydrogen) atoms. The minimum Gasteiger partial charge on any atom is -0.484 e.